The molecule has 0 bridgehead atoms. The van der Waals surface area contributed by atoms with Crippen molar-refractivity contribution in [3.63, 3.8) is 0 Å². The fourth-order valence-corrected chi connectivity index (χ4v) is 2.75. The van der Waals surface area contributed by atoms with Crippen LogP contribution in [-0.2, 0) is 4.79 Å². The van der Waals surface area contributed by atoms with E-state index in [1.165, 1.54) is 6.42 Å². The summed E-state index contributed by atoms with van der Waals surface area (Å²) in [5, 5.41) is 0. The van der Waals surface area contributed by atoms with Gasteiger partial charge in [0.2, 0.25) is 0 Å². The van der Waals surface area contributed by atoms with E-state index in [0.29, 0.717) is 12.2 Å². The van der Waals surface area contributed by atoms with Gasteiger partial charge in [-0.25, -0.2) is 0 Å². The second-order valence-corrected chi connectivity index (χ2v) is 5.28. The topological polar surface area (TPSA) is 17.1 Å². The highest BCUT2D eigenvalue weighted by molar-refractivity contribution is 5.87. The first-order chi connectivity index (χ1) is 9.33. The van der Waals surface area contributed by atoms with Crippen molar-refractivity contribution in [2.24, 2.45) is 5.92 Å². The average Bonchev–Trinajstić information content (AvgIpc) is 2.45. The maximum Gasteiger partial charge on any atom is 0.141 e. The largest absolute Gasteiger partial charge is 0.299 e. The Kier molecular flexibility index (Phi) is 5.21. The molecule has 0 saturated heterocycles. The molecule has 19 heavy (non-hydrogen) atoms. The summed E-state index contributed by atoms with van der Waals surface area (Å²) in [6.07, 6.45) is 6.07. The lowest BCUT2D eigenvalue weighted by atomic mass is 9.75. The van der Waals surface area contributed by atoms with Gasteiger partial charge in [-0.1, -0.05) is 49.6 Å². The number of hydrogen-bond acceptors (Lipinski definition) is 1. The lowest BCUT2D eigenvalue weighted by Crippen LogP contribution is -2.25. The highest BCUT2D eigenvalue weighted by Gasteiger charge is 2.31. The van der Waals surface area contributed by atoms with Crippen molar-refractivity contribution in [1.29, 1.82) is 0 Å². The van der Waals surface area contributed by atoms with Crippen LogP contribution in [0.1, 0.15) is 56.9 Å². The third-order valence-corrected chi connectivity index (χ3v) is 3.79. The highest BCUT2D eigenvalue weighted by atomic mass is 16.1. The van der Waals surface area contributed by atoms with Crippen LogP contribution >= 0.6 is 0 Å². The van der Waals surface area contributed by atoms with Gasteiger partial charge in [-0.2, -0.15) is 0 Å². The molecule has 1 saturated carbocycles. The lowest BCUT2D eigenvalue weighted by molar-refractivity contribution is -0.122. The van der Waals surface area contributed by atoms with Crippen LogP contribution in [-0.4, -0.2) is 5.78 Å². The summed E-state index contributed by atoms with van der Waals surface area (Å²) in [6.45, 7) is 2.18. The third-order valence-electron chi connectivity index (χ3n) is 3.79. The van der Waals surface area contributed by atoms with Crippen molar-refractivity contribution in [3.8, 4) is 11.8 Å². The number of ketones is 1. The Morgan fingerprint density at radius 2 is 2.05 bits per heavy atom. The van der Waals surface area contributed by atoms with E-state index in [9.17, 15) is 4.79 Å². The minimum absolute atomic E-state index is 0.00377. The van der Waals surface area contributed by atoms with Gasteiger partial charge in [0.25, 0.3) is 0 Å². The Bertz CT molecular complexity index is 463. The van der Waals surface area contributed by atoms with Crippen LogP contribution < -0.4 is 0 Å². The molecule has 2 rings (SSSR count). The first kappa shape index (κ1) is 13.9. The Labute approximate surface area is 116 Å². The summed E-state index contributed by atoms with van der Waals surface area (Å²) in [7, 11) is 0. The van der Waals surface area contributed by atoms with E-state index in [1.54, 1.807) is 0 Å². The molecule has 1 heteroatoms. The van der Waals surface area contributed by atoms with Gasteiger partial charge in [0.1, 0.15) is 5.78 Å². The van der Waals surface area contributed by atoms with Crippen molar-refractivity contribution in [3.05, 3.63) is 35.9 Å². The third kappa shape index (κ3) is 3.70. The maximum atomic E-state index is 12.2. The Morgan fingerprint density at radius 1 is 1.26 bits per heavy atom. The van der Waals surface area contributed by atoms with Crippen LogP contribution in [0.4, 0.5) is 0 Å². The summed E-state index contributed by atoms with van der Waals surface area (Å²) >= 11 is 0. The van der Waals surface area contributed by atoms with Crippen LogP contribution in [0.5, 0.6) is 0 Å². The first-order valence-corrected chi connectivity index (χ1v) is 7.39. The smallest absolute Gasteiger partial charge is 0.141 e. The standard InChI is InChI=1S/C18H22O/c1-2-3-4-6-10-16-13-9-14-17(19)18(16)15-11-7-5-8-12-15/h5,7-8,11-12,16,18H,2-4,9,13-14H2,1H3/t16-,18+/m0/s1. The van der Waals surface area contributed by atoms with Crippen molar-refractivity contribution in [1.82, 2.24) is 0 Å². The molecule has 1 fully saturated rings. The van der Waals surface area contributed by atoms with E-state index >= 15 is 0 Å². The molecule has 1 aliphatic carbocycles. The van der Waals surface area contributed by atoms with Crippen LogP contribution in [0.25, 0.3) is 0 Å². The molecule has 0 aliphatic heterocycles. The summed E-state index contributed by atoms with van der Waals surface area (Å²) in [4.78, 5) is 12.2. The monoisotopic (exact) mass is 254 g/mol. The van der Waals surface area contributed by atoms with E-state index in [2.05, 4.69) is 30.9 Å². The highest BCUT2D eigenvalue weighted by Crippen LogP contribution is 2.34. The number of carbonyl (C=O) groups excluding carboxylic acids is 1. The maximum absolute atomic E-state index is 12.2. The van der Waals surface area contributed by atoms with Gasteiger partial charge in [0.05, 0.1) is 5.92 Å². The number of rotatable bonds is 3. The molecule has 1 nitrogen and oxygen atoms in total. The fourth-order valence-electron chi connectivity index (χ4n) is 2.75. The van der Waals surface area contributed by atoms with Gasteiger partial charge in [-0.05, 0) is 24.8 Å². The van der Waals surface area contributed by atoms with E-state index < -0.39 is 0 Å². The van der Waals surface area contributed by atoms with E-state index in [4.69, 9.17) is 0 Å². The van der Waals surface area contributed by atoms with Gasteiger partial charge >= 0.3 is 0 Å². The quantitative estimate of drug-likeness (QED) is 0.579. The van der Waals surface area contributed by atoms with Gasteiger partial charge in [-0.3, -0.25) is 4.79 Å². The van der Waals surface area contributed by atoms with E-state index in [-0.39, 0.29) is 11.8 Å². The predicted molar refractivity (Wildman–Crippen MR) is 78.8 cm³/mol. The molecule has 1 aromatic carbocycles. The summed E-state index contributed by atoms with van der Waals surface area (Å²) < 4.78 is 0. The Hall–Kier alpha value is -1.55. The van der Waals surface area contributed by atoms with Crippen molar-refractivity contribution >= 4 is 5.78 Å². The molecule has 0 N–H and O–H groups in total. The van der Waals surface area contributed by atoms with Crippen LogP contribution in [0, 0.1) is 17.8 Å². The number of unbranched alkanes of at least 4 members (excludes halogenated alkanes) is 2. The molecule has 100 valence electrons. The fraction of sp³-hybridized carbons (Fsp3) is 0.500. The normalized spacial score (nSPS) is 22.7. The van der Waals surface area contributed by atoms with Gasteiger partial charge in [-0.15, -0.1) is 5.92 Å². The average molecular weight is 254 g/mol. The molecule has 0 spiro atoms. The summed E-state index contributed by atoms with van der Waals surface area (Å²) in [5.74, 6) is 7.23. The molecule has 0 aromatic heterocycles. The SMILES string of the molecule is CCCCC#C[C@H]1CCCC(=O)[C@@H]1c1ccccc1. The minimum Gasteiger partial charge on any atom is -0.299 e. The predicted octanol–water partition coefficient (Wildman–Crippen LogP) is 4.33. The molecule has 1 aromatic rings. The molecular formula is C18H22O. The van der Waals surface area contributed by atoms with Crippen LogP contribution in [0.15, 0.2) is 30.3 Å². The summed E-state index contributed by atoms with van der Waals surface area (Å²) in [5.41, 5.74) is 1.14. The second kappa shape index (κ2) is 7.14. The van der Waals surface area contributed by atoms with E-state index in [0.717, 1.165) is 31.2 Å². The zero-order valence-electron chi connectivity index (χ0n) is 11.7. The van der Waals surface area contributed by atoms with Crippen molar-refractivity contribution in [2.45, 2.75) is 51.4 Å². The first-order valence-electron chi connectivity index (χ1n) is 7.39. The van der Waals surface area contributed by atoms with Crippen LogP contribution in [0.2, 0.25) is 0 Å². The molecule has 0 amide bonds. The molecule has 1 aliphatic rings. The molecule has 0 radical (unpaired) electrons. The Balaban J connectivity index is 2.14. The van der Waals surface area contributed by atoms with Gasteiger partial charge in [0, 0.05) is 18.8 Å². The minimum atomic E-state index is 0.00377. The molecule has 0 unspecified atom stereocenters. The van der Waals surface area contributed by atoms with Gasteiger partial charge in [0.15, 0.2) is 0 Å². The zero-order valence-corrected chi connectivity index (χ0v) is 11.7. The number of carbonyl (C=O) groups is 1. The zero-order chi connectivity index (χ0) is 13.5. The van der Waals surface area contributed by atoms with Crippen molar-refractivity contribution in [2.75, 3.05) is 0 Å². The number of benzene rings is 1. The number of Topliss-reactive ketones (excluding diaryl/α,β-unsaturated/α-hetero) is 1. The number of hydrogen-bond donors (Lipinski definition) is 0. The van der Waals surface area contributed by atoms with E-state index in [1.807, 2.05) is 18.2 Å². The van der Waals surface area contributed by atoms with Crippen LogP contribution in [0.3, 0.4) is 0 Å². The summed E-state index contributed by atoms with van der Waals surface area (Å²) in [6, 6.07) is 10.2. The molecule has 2 atom stereocenters. The van der Waals surface area contributed by atoms with Gasteiger partial charge < -0.3 is 0 Å². The molecular weight excluding hydrogens is 232 g/mol. The van der Waals surface area contributed by atoms with Crippen molar-refractivity contribution < 1.29 is 4.79 Å². The second-order valence-electron chi connectivity index (χ2n) is 5.28. The molecule has 0 heterocycles. The Morgan fingerprint density at radius 3 is 2.79 bits per heavy atom. The lowest BCUT2D eigenvalue weighted by Gasteiger charge is -2.27.